The summed E-state index contributed by atoms with van der Waals surface area (Å²) in [4.78, 5) is 15.3. The van der Waals surface area contributed by atoms with Gasteiger partial charge in [0, 0.05) is 18.2 Å². The number of aromatic nitrogens is 1. The van der Waals surface area contributed by atoms with Crippen molar-refractivity contribution in [3.8, 4) is 0 Å². The first-order valence-electron chi connectivity index (χ1n) is 8.09. The second-order valence-corrected chi connectivity index (χ2v) is 6.51. The minimum atomic E-state index is -0.294. The predicted octanol–water partition coefficient (Wildman–Crippen LogP) is 2.54. The quantitative estimate of drug-likeness (QED) is 0.816. The van der Waals surface area contributed by atoms with E-state index in [1.54, 1.807) is 0 Å². The molecule has 1 saturated carbocycles. The van der Waals surface area contributed by atoms with Gasteiger partial charge in [0.1, 0.15) is 0 Å². The number of benzene rings is 1. The summed E-state index contributed by atoms with van der Waals surface area (Å²) in [6.45, 7) is 4.58. The average molecular weight is 300 g/mol. The molecule has 1 fully saturated rings. The molecular weight excluding hydrogens is 276 g/mol. The Hall–Kier alpha value is -1.65. The second-order valence-electron chi connectivity index (χ2n) is 6.51. The van der Waals surface area contributed by atoms with E-state index >= 15 is 0 Å². The Morgan fingerprint density at radius 2 is 2.00 bits per heavy atom. The van der Waals surface area contributed by atoms with Crippen molar-refractivity contribution in [1.29, 1.82) is 0 Å². The predicted molar refractivity (Wildman–Crippen MR) is 89.1 cm³/mol. The molecule has 1 aliphatic rings. The summed E-state index contributed by atoms with van der Waals surface area (Å²) in [7, 11) is 0. The SMILES string of the molecule is Cc1cc(C)c2[nH]c(=O)c(CN[C@H]3CCCC[C@@H]3O)cc2c1. The fourth-order valence-corrected chi connectivity index (χ4v) is 3.45. The highest BCUT2D eigenvalue weighted by Crippen LogP contribution is 2.20. The summed E-state index contributed by atoms with van der Waals surface area (Å²) in [5, 5.41) is 14.4. The summed E-state index contributed by atoms with van der Waals surface area (Å²) in [5.41, 5.74) is 3.89. The minimum Gasteiger partial charge on any atom is -0.392 e. The van der Waals surface area contributed by atoms with Crippen LogP contribution in [-0.2, 0) is 6.54 Å². The molecule has 2 aromatic rings. The smallest absolute Gasteiger partial charge is 0.252 e. The van der Waals surface area contributed by atoms with Crippen molar-refractivity contribution in [2.45, 2.75) is 58.2 Å². The van der Waals surface area contributed by atoms with Gasteiger partial charge in [-0.25, -0.2) is 0 Å². The third kappa shape index (κ3) is 3.08. The number of hydrogen-bond donors (Lipinski definition) is 3. The second kappa shape index (κ2) is 6.23. The molecule has 0 aliphatic heterocycles. The molecule has 1 aromatic carbocycles. The zero-order valence-electron chi connectivity index (χ0n) is 13.3. The van der Waals surface area contributed by atoms with Gasteiger partial charge in [0.15, 0.2) is 0 Å². The topological polar surface area (TPSA) is 65.1 Å². The van der Waals surface area contributed by atoms with Crippen LogP contribution >= 0.6 is 0 Å². The number of fused-ring (bicyclic) bond motifs is 1. The van der Waals surface area contributed by atoms with Crippen LogP contribution in [0.1, 0.15) is 42.4 Å². The van der Waals surface area contributed by atoms with Crippen LogP contribution < -0.4 is 10.9 Å². The molecule has 4 nitrogen and oxygen atoms in total. The van der Waals surface area contributed by atoms with E-state index in [0.29, 0.717) is 6.54 Å². The molecule has 1 heterocycles. The number of hydrogen-bond acceptors (Lipinski definition) is 3. The summed E-state index contributed by atoms with van der Waals surface area (Å²) in [6.07, 6.45) is 3.77. The number of aryl methyl sites for hydroxylation is 2. The zero-order chi connectivity index (χ0) is 15.7. The molecule has 0 amide bonds. The van der Waals surface area contributed by atoms with E-state index in [1.165, 1.54) is 5.56 Å². The maximum absolute atomic E-state index is 12.3. The summed E-state index contributed by atoms with van der Waals surface area (Å²) in [6, 6.07) is 6.24. The Labute approximate surface area is 130 Å². The average Bonchev–Trinajstić information content (AvgIpc) is 2.47. The lowest BCUT2D eigenvalue weighted by Gasteiger charge is -2.28. The van der Waals surface area contributed by atoms with Crippen LogP contribution in [-0.4, -0.2) is 22.2 Å². The van der Waals surface area contributed by atoms with E-state index in [0.717, 1.165) is 47.7 Å². The van der Waals surface area contributed by atoms with E-state index in [1.807, 2.05) is 13.0 Å². The Morgan fingerprint density at radius 3 is 2.77 bits per heavy atom. The van der Waals surface area contributed by atoms with Crippen molar-refractivity contribution >= 4 is 10.9 Å². The van der Waals surface area contributed by atoms with Crippen LogP contribution in [0.15, 0.2) is 23.0 Å². The van der Waals surface area contributed by atoms with E-state index in [9.17, 15) is 9.90 Å². The molecule has 4 heteroatoms. The van der Waals surface area contributed by atoms with Crippen LogP contribution in [0.25, 0.3) is 10.9 Å². The zero-order valence-corrected chi connectivity index (χ0v) is 13.3. The van der Waals surface area contributed by atoms with Crippen LogP contribution in [0.5, 0.6) is 0 Å². The van der Waals surface area contributed by atoms with Gasteiger partial charge in [-0.05, 0) is 49.8 Å². The molecular formula is C18H24N2O2. The number of H-pyrrole nitrogens is 1. The first-order chi connectivity index (χ1) is 10.5. The fraction of sp³-hybridized carbons (Fsp3) is 0.500. The van der Waals surface area contributed by atoms with Crippen molar-refractivity contribution in [2.75, 3.05) is 0 Å². The molecule has 0 spiro atoms. The van der Waals surface area contributed by atoms with E-state index in [2.05, 4.69) is 29.4 Å². The monoisotopic (exact) mass is 300 g/mol. The first-order valence-corrected chi connectivity index (χ1v) is 8.09. The Bertz CT molecular complexity index is 736. The van der Waals surface area contributed by atoms with E-state index < -0.39 is 0 Å². The molecule has 3 rings (SSSR count). The minimum absolute atomic E-state index is 0.0442. The highest BCUT2D eigenvalue weighted by Gasteiger charge is 2.22. The lowest BCUT2D eigenvalue weighted by Crippen LogP contribution is -2.42. The standard InChI is InChI=1S/C18H24N2O2/c1-11-7-12(2)17-13(8-11)9-14(18(22)20-17)10-19-15-5-3-4-6-16(15)21/h7-9,15-16,19,21H,3-6,10H2,1-2H3,(H,20,22)/t15-,16-/m0/s1. The van der Waals surface area contributed by atoms with Crippen molar-refractivity contribution in [3.63, 3.8) is 0 Å². The molecule has 0 bridgehead atoms. The van der Waals surface area contributed by atoms with Gasteiger partial charge in [-0.1, -0.05) is 24.5 Å². The van der Waals surface area contributed by atoms with Gasteiger partial charge in [-0.2, -0.15) is 0 Å². The van der Waals surface area contributed by atoms with Gasteiger partial charge in [-0.15, -0.1) is 0 Å². The van der Waals surface area contributed by atoms with Crippen LogP contribution in [0.3, 0.4) is 0 Å². The fourth-order valence-electron chi connectivity index (χ4n) is 3.45. The molecule has 118 valence electrons. The van der Waals surface area contributed by atoms with Crippen molar-refractivity contribution in [1.82, 2.24) is 10.3 Å². The highest BCUT2D eigenvalue weighted by molar-refractivity contribution is 5.82. The van der Waals surface area contributed by atoms with Gasteiger partial charge >= 0.3 is 0 Å². The number of nitrogens with one attached hydrogen (secondary N) is 2. The van der Waals surface area contributed by atoms with Crippen LogP contribution in [0, 0.1) is 13.8 Å². The molecule has 0 saturated heterocycles. The van der Waals surface area contributed by atoms with Gasteiger partial charge in [0.05, 0.1) is 11.6 Å². The lowest BCUT2D eigenvalue weighted by molar-refractivity contribution is 0.0902. The summed E-state index contributed by atoms with van der Waals surface area (Å²) in [5.74, 6) is 0. The number of aromatic amines is 1. The summed E-state index contributed by atoms with van der Waals surface area (Å²) >= 11 is 0. The highest BCUT2D eigenvalue weighted by atomic mass is 16.3. The number of rotatable bonds is 3. The summed E-state index contributed by atoms with van der Waals surface area (Å²) < 4.78 is 0. The van der Waals surface area contributed by atoms with Crippen molar-refractivity contribution in [2.24, 2.45) is 0 Å². The van der Waals surface area contributed by atoms with Gasteiger partial charge in [0.25, 0.3) is 5.56 Å². The normalized spacial score (nSPS) is 22.1. The van der Waals surface area contributed by atoms with Crippen LogP contribution in [0.2, 0.25) is 0 Å². The largest absolute Gasteiger partial charge is 0.392 e. The molecule has 0 radical (unpaired) electrons. The van der Waals surface area contributed by atoms with E-state index in [4.69, 9.17) is 0 Å². The third-order valence-electron chi connectivity index (χ3n) is 4.65. The maximum atomic E-state index is 12.3. The van der Waals surface area contributed by atoms with E-state index in [-0.39, 0.29) is 17.7 Å². The number of pyridine rings is 1. The molecule has 22 heavy (non-hydrogen) atoms. The van der Waals surface area contributed by atoms with Crippen molar-refractivity contribution < 1.29 is 5.11 Å². The molecule has 2 atom stereocenters. The van der Waals surface area contributed by atoms with Gasteiger partial charge < -0.3 is 15.4 Å². The van der Waals surface area contributed by atoms with Gasteiger partial charge in [-0.3, -0.25) is 4.79 Å². The number of aliphatic hydroxyl groups excluding tert-OH is 1. The Balaban J connectivity index is 1.84. The van der Waals surface area contributed by atoms with Gasteiger partial charge in [0.2, 0.25) is 0 Å². The lowest BCUT2D eigenvalue weighted by atomic mass is 9.92. The third-order valence-corrected chi connectivity index (χ3v) is 4.65. The molecule has 1 aromatic heterocycles. The Morgan fingerprint density at radius 1 is 1.23 bits per heavy atom. The first kappa shape index (κ1) is 15.3. The van der Waals surface area contributed by atoms with Crippen molar-refractivity contribution in [3.05, 3.63) is 45.2 Å². The molecule has 0 unspecified atom stereocenters. The maximum Gasteiger partial charge on any atom is 0.252 e. The number of aliphatic hydroxyl groups is 1. The van der Waals surface area contributed by atoms with Crippen LogP contribution in [0.4, 0.5) is 0 Å². The Kier molecular flexibility index (Phi) is 4.32. The molecule has 3 N–H and O–H groups in total. The molecule has 1 aliphatic carbocycles.